The average Bonchev–Trinajstić information content (AvgIpc) is 2.74. The zero-order valence-corrected chi connectivity index (χ0v) is 16.2. The number of benzene rings is 2. The maximum atomic E-state index is 15.1. The van der Waals surface area contributed by atoms with Crippen molar-refractivity contribution in [3.63, 3.8) is 0 Å². The molecule has 0 aliphatic rings. The molecule has 30 heavy (non-hydrogen) atoms. The van der Waals surface area contributed by atoms with Gasteiger partial charge in [0.2, 0.25) is 0 Å². The van der Waals surface area contributed by atoms with Crippen molar-refractivity contribution in [3.8, 4) is 16.9 Å². The van der Waals surface area contributed by atoms with E-state index in [-0.39, 0.29) is 33.6 Å². The summed E-state index contributed by atoms with van der Waals surface area (Å²) in [7, 11) is 0. The lowest BCUT2D eigenvalue weighted by atomic mass is 10.00. The highest BCUT2D eigenvalue weighted by Gasteiger charge is 2.24. The van der Waals surface area contributed by atoms with Gasteiger partial charge in [0.05, 0.1) is 10.9 Å². The van der Waals surface area contributed by atoms with E-state index < -0.39 is 28.6 Å². The summed E-state index contributed by atoms with van der Waals surface area (Å²) in [6, 6.07) is 4.70. The molecule has 10 heteroatoms. The van der Waals surface area contributed by atoms with Crippen molar-refractivity contribution < 1.29 is 17.9 Å². The highest BCUT2D eigenvalue weighted by atomic mass is 35.5. The van der Waals surface area contributed by atoms with Gasteiger partial charge < -0.3 is 10.5 Å². The molecule has 4 aromatic rings. The van der Waals surface area contributed by atoms with E-state index in [9.17, 15) is 8.78 Å². The van der Waals surface area contributed by atoms with Crippen LogP contribution in [0.2, 0.25) is 5.02 Å². The predicted octanol–water partition coefficient (Wildman–Crippen LogP) is 4.88. The van der Waals surface area contributed by atoms with Crippen molar-refractivity contribution in [2.75, 3.05) is 5.73 Å². The Hall–Kier alpha value is -3.46. The molecule has 0 spiro atoms. The maximum absolute atomic E-state index is 15.1. The lowest BCUT2D eigenvalue weighted by molar-refractivity contribution is 0.218. The molecule has 2 N–H and O–H groups in total. The van der Waals surface area contributed by atoms with Crippen LogP contribution in [-0.4, -0.2) is 19.9 Å². The average molecular weight is 432 g/mol. The lowest BCUT2D eigenvalue weighted by Crippen LogP contribution is -2.09. The molecule has 0 saturated carbocycles. The summed E-state index contributed by atoms with van der Waals surface area (Å²) >= 11 is 5.67. The van der Waals surface area contributed by atoms with E-state index in [4.69, 9.17) is 22.1 Å². The molecule has 0 fully saturated rings. The largest absolute Gasteiger partial charge is 0.482 e. The number of hydrogen-bond acceptors (Lipinski definition) is 6. The number of aromatic nitrogens is 4. The first-order chi connectivity index (χ1) is 14.4. The third kappa shape index (κ3) is 3.37. The quantitative estimate of drug-likeness (QED) is 0.463. The summed E-state index contributed by atoms with van der Waals surface area (Å²) in [5.41, 5.74) is 5.47. The van der Waals surface area contributed by atoms with E-state index in [0.717, 1.165) is 24.5 Å². The van der Waals surface area contributed by atoms with Crippen LogP contribution >= 0.6 is 11.6 Å². The van der Waals surface area contributed by atoms with Crippen LogP contribution in [0.4, 0.5) is 19.0 Å². The summed E-state index contributed by atoms with van der Waals surface area (Å²) in [4.78, 5) is 16.2. The predicted molar refractivity (Wildman–Crippen MR) is 105 cm³/mol. The fourth-order valence-electron chi connectivity index (χ4n) is 3.04. The normalized spacial score (nSPS) is 12.2. The minimum Gasteiger partial charge on any atom is -0.482 e. The molecule has 2 aromatic heterocycles. The molecule has 2 aromatic carbocycles. The Bertz CT molecular complexity index is 1260. The summed E-state index contributed by atoms with van der Waals surface area (Å²) in [6.07, 6.45) is 3.54. The van der Waals surface area contributed by atoms with Crippen LogP contribution in [0.1, 0.15) is 18.9 Å². The second-order valence-electron chi connectivity index (χ2n) is 6.30. The van der Waals surface area contributed by atoms with Crippen molar-refractivity contribution in [3.05, 3.63) is 71.3 Å². The standard InChI is InChI=1S/C20H13ClF3N5O/c1-9(20-26-5-2-6-27-20)30-13-7-12(23)14(18-15(13)19(25)29-8-28-18)10-3-4-11(22)16(21)17(10)24/h2-9H,1H3,(H2,25,28,29)/t9-/m1/s1. The summed E-state index contributed by atoms with van der Waals surface area (Å²) in [5, 5.41) is -0.589. The second-order valence-corrected chi connectivity index (χ2v) is 6.68. The molecular weight excluding hydrogens is 419 g/mol. The molecule has 0 saturated heterocycles. The molecule has 4 rings (SSSR count). The number of fused-ring (bicyclic) bond motifs is 1. The van der Waals surface area contributed by atoms with E-state index >= 15 is 4.39 Å². The smallest absolute Gasteiger partial charge is 0.168 e. The topological polar surface area (TPSA) is 86.8 Å². The minimum absolute atomic E-state index is 0.00829. The van der Waals surface area contributed by atoms with Crippen LogP contribution in [0.15, 0.2) is 43.0 Å². The third-order valence-electron chi connectivity index (χ3n) is 4.41. The van der Waals surface area contributed by atoms with Crippen LogP contribution in [0, 0.1) is 17.5 Å². The Morgan fingerprint density at radius 3 is 2.50 bits per heavy atom. The van der Waals surface area contributed by atoms with Gasteiger partial charge in [-0.1, -0.05) is 11.6 Å². The number of rotatable bonds is 4. The maximum Gasteiger partial charge on any atom is 0.168 e. The van der Waals surface area contributed by atoms with Gasteiger partial charge in [-0.15, -0.1) is 0 Å². The third-order valence-corrected chi connectivity index (χ3v) is 4.76. The van der Waals surface area contributed by atoms with Gasteiger partial charge in [-0.25, -0.2) is 33.1 Å². The van der Waals surface area contributed by atoms with Crippen LogP contribution in [0.3, 0.4) is 0 Å². The van der Waals surface area contributed by atoms with Gasteiger partial charge in [-0.05, 0) is 25.1 Å². The number of hydrogen-bond donors (Lipinski definition) is 1. The van der Waals surface area contributed by atoms with Crippen molar-refractivity contribution >= 4 is 28.3 Å². The Morgan fingerprint density at radius 1 is 1.03 bits per heavy atom. The molecule has 0 unspecified atom stereocenters. The Balaban J connectivity index is 1.92. The molecule has 2 heterocycles. The van der Waals surface area contributed by atoms with Crippen LogP contribution in [-0.2, 0) is 0 Å². The second kappa shape index (κ2) is 7.75. The molecule has 6 nitrogen and oxygen atoms in total. The number of nitrogens with zero attached hydrogens (tertiary/aromatic N) is 4. The monoisotopic (exact) mass is 431 g/mol. The lowest BCUT2D eigenvalue weighted by Gasteiger charge is -2.18. The van der Waals surface area contributed by atoms with Crippen molar-refractivity contribution in [1.82, 2.24) is 19.9 Å². The highest BCUT2D eigenvalue weighted by Crippen LogP contribution is 2.41. The first-order valence-corrected chi connectivity index (χ1v) is 9.06. The van der Waals surface area contributed by atoms with Crippen LogP contribution in [0.5, 0.6) is 5.75 Å². The van der Waals surface area contributed by atoms with Crippen LogP contribution in [0.25, 0.3) is 22.0 Å². The first-order valence-electron chi connectivity index (χ1n) is 8.68. The van der Waals surface area contributed by atoms with E-state index in [0.29, 0.717) is 5.82 Å². The van der Waals surface area contributed by atoms with Crippen molar-refractivity contribution in [2.45, 2.75) is 13.0 Å². The first kappa shape index (κ1) is 19.8. The molecule has 0 amide bonds. The van der Waals surface area contributed by atoms with E-state index in [1.807, 2.05) is 0 Å². The van der Waals surface area contributed by atoms with Crippen LogP contribution < -0.4 is 10.5 Å². The van der Waals surface area contributed by atoms with Crippen molar-refractivity contribution in [2.24, 2.45) is 0 Å². The summed E-state index contributed by atoms with van der Waals surface area (Å²) < 4.78 is 49.2. The van der Waals surface area contributed by atoms with Gasteiger partial charge in [0, 0.05) is 29.6 Å². The number of halogens is 4. The molecule has 0 aliphatic carbocycles. The van der Waals surface area contributed by atoms with Gasteiger partial charge >= 0.3 is 0 Å². The molecule has 1 atom stereocenters. The number of nitrogen functional groups attached to an aromatic ring is 1. The van der Waals surface area contributed by atoms with Gasteiger partial charge in [0.25, 0.3) is 0 Å². The minimum atomic E-state index is -1.12. The summed E-state index contributed by atoms with van der Waals surface area (Å²) in [6.45, 7) is 1.67. The van der Waals surface area contributed by atoms with Gasteiger partial charge in [0.15, 0.2) is 17.7 Å². The zero-order chi connectivity index (χ0) is 21.4. The van der Waals surface area contributed by atoms with Gasteiger partial charge in [-0.3, -0.25) is 0 Å². The molecule has 0 radical (unpaired) electrons. The Labute approximate surface area is 173 Å². The SMILES string of the molecule is C[C@@H](Oc1cc(F)c(-c2ccc(F)c(Cl)c2F)c2ncnc(N)c12)c1ncccn1. The van der Waals surface area contributed by atoms with E-state index in [2.05, 4.69) is 19.9 Å². The molecule has 0 bridgehead atoms. The molecule has 0 aliphatic heterocycles. The fourth-order valence-corrected chi connectivity index (χ4v) is 3.20. The van der Waals surface area contributed by atoms with Gasteiger partial charge in [0.1, 0.15) is 34.6 Å². The van der Waals surface area contributed by atoms with E-state index in [1.165, 1.54) is 0 Å². The fraction of sp³-hybridized carbons (Fsp3) is 0.100. The number of ether oxygens (including phenoxy) is 1. The Morgan fingerprint density at radius 2 is 1.77 bits per heavy atom. The number of nitrogens with two attached hydrogens (primary N) is 1. The zero-order valence-electron chi connectivity index (χ0n) is 15.4. The highest BCUT2D eigenvalue weighted by molar-refractivity contribution is 6.31. The van der Waals surface area contributed by atoms with Gasteiger partial charge in [-0.2, -0.15) is 0 Å². The summed E-state index contributed by atoms with van der Waals surface area (Å²) in [5.74, 6) is -2.56. The molecular formula is C20H13ClF3N5O. The van der Waals surface area contributed by atoms with E-state index in [1.54, 1.807) is 25.4 Å². The number of anilines is 1. The molecule has 152 valence electrons. The Kier molecular flexibility index (Phi) is 5.13. The van der Waals surface area contributed by atoms with Crippen molar-refractivity contribution in [1.29, 1.82) is 0 Å².